The fourth-order valence-electron chi connectivity index (χ4n) is 1.71. The van der Waals surface area contributed by atoms with Crippen molar-refractivity contribution in [1.29, 1.82) is 0 Å². The summed E-state index contributed by atoms with van der Waals surface area (Å²) in [5.74, 6) is 1.22. The first-order valence-corrected chi connectivity index (χ1v) is 5.64. The zero-order valence-electron chi connectivity index (χ0n) is 9.75. The van der Waals surface area contributed by atoms with Crippen LogP contribution in [-0.4, -0.2) is 4.98 Å². The van der Waals surface area contributed by atoms with Crippen molar-refractivity contribution in [3.63, 3.8) is 0 Å². The van der Waals surface area contributed by atoms with E-state index in [1.807, 2.05) is 6.20 Å². The Kier molecular flexibility index (Phi) is 4.12. The predicted molar refractivity (Wildman–Crippen MR) is 61.6 cm³/mol. The first kappa shape index (κ1) is 11.2. The fourth-order valence-corrected chi connectivity index (χ4v) is 1.71. The van der Waals surface area contributed by atoms with Gasteiger partial charge in [-0.1, -0.05) is 33.8 Å². The topological polar surface area (TPSA) is 12.9 Å². The third kappa shape index (κ3) is 2.57. The fraction of sp³-hybridized carbons (Fsp3) is 0.615. The summed E-state index contributed by atoms with van der Waals surface area (Å²) < 4.78 is 0. The van der Waals surface area contributed by atoms with Gasteiger partial charge < -0.3 is 0 Å². The molecule has 1 aromatic heterocycles. The summed E-state index contributed by atoms with van der Waals surface area (Å²) in [6, 6.07) is 4.40. The van der Waals surface area contributed by atoms with E-state index in [4.69, 9.17) is 0 Å². The average Bonchev–Trinajstić information content (AvgIpc) is 2.20. The standard InChI is InChI=1S/C13H21N/c1-5-11(6-2)13-8-7-12(9-14-13)10(3)4/h7-11H,5-6H2,1-4H3. The molecule has 1 heterocycles. The second-order valence-corrected chi connectivity index (χ2v) is 4.18. The van der Waals surface area contributed by atoms with Gasteiger partial charge in [-0.3, -0.25) is 4.98 Å². The molecule has 0 saturated heterocycles. The van der Waals surface area contributed by atoms with Crippen LogP contribution < -0.4 is 0 Å². The van der Waals surface area contributed by atoms with Crippen LogP contribution in [-0.2, 0) is 0 Å². The number of rotatable bonds is 4. The van der Waals surface area contributed by atoms with Crippen LogP contribution in [0.3, 0.4) is 0 Å². The van der Waals surface area contributed by atoms with E-state index in [-0.39, 0.29) is 0 Å². The molecule has 0 fully saturated rings. The monoisotopic (exact) mass is 191 g/mol. The lowest BCUT2D eigenvalue weighted by Gasteiger charge is -2.12. The highest BCUT2D eigenvalue weighted by Crippen LogP contribution is 2.22. The van der Waals surface area contributed by atoms with Crippen molar-refractivity contribution in [2.45, 2.75) is 52.4 Å². The lowest BCUT2D eigenvalue weighted by atomic mass is 9.97. The summed E-state index contributed by atoms with van der Waals surface area (Å²) in [4.78, 5) is 4.54. The Hall–Kier alpha value is -0.850. The predicted octanol–water partition coefficient (Wildman–Crippen LogP) is 4.11. The lowest BCUT2D eigenvalue weighted by Crippen LogP contribution is -1.99. The van der Waals surface area contributed by atoms with Gasteiger partial charge >= 0.3 is 0 Å². The highest BCUT2D eigenvalue weighted by atomic mass is 14.7. The molecule has 78 valence electrons. The highest BCUT2D eigenvalue weighted by molar-refractivity contribution is 5.19. The number of hydrogen-bond donors (Lipinski definition) is 0. The summed E-state index contributed by atoms with van der Waals surface area (Å²) >= 11 is 0. The maximum absolute atomic E-state index is 4.54. The maximum atomic E-state index is 4.54. The minimum Gasteiger partial charge on any atom is -0.261 e. The van der Waals surface area contributed by atoms with Crippen molar-refractivity contribution < 1.29 is 0 Å². The molecule has 0 radical (unpaired) electrons. The molecule has 0 aliphatic heterocycles. The zero-order chi connectivity index (χ0) is 10.6. The van der Waals surface area contributed by atoms with Crippen LogP contribution in [0.5, 0.6) is 0 Å². The molecule has 14 heavy (non-hydrogen) atoms. The Balaban J connectivity index is 2.81. The van der Waals surface area contributed by atoms with E-state index in [1.165, 1.54) is 24.1 Å². The third-order valence-electron chi connectivity index (χ3n) is 2.88. The Morgan fingerprint density at radius 3 is 2.14 bits per heavy atom. The second-order valence-electron chi connectivity index (χ2n) is 4.18. The van der Waals surface area contributed by atoms with Crippen LogP contribution in [0.2, 0.25) is 0 Å². The first-order valence-electron chi connectivity index (χ1n) is 5.64. The summed E-state index contributed by atoms with van der Waals surface area (Å²) in [6.45, 7) is 8.86. The van der Waals surface area contributed by atoms with Crippen molar-refractivity contribution in [3.05, 3.63) is 29.6 Å². The van der Waals surface area contributed by atoms with Gasteiger partial charge in [0.1, 0.15) is 0 Å². The van der Waals surface area contributed by atoms with Crippen molar-refractivity contribution in [2.24, 2.45) is 0 Å². The van der Waals surface area contributed by atoms with Gasteiger partial charge in [0.2, 0.25) is 0 Å². The molecule has 0 unspecified atom stereocenters. The van der Waals surface area contributed by atoms with Gasteiger partial charge in [0, 0.05) is 17.8 Å². The summed E-state index contributed by atoms with van der Waals surface area (Å²) in [5, 5.41) is 0. The minimum atomic E-state index is 0.582. The zero-order valence-corrected chi connectivity index (χ0v) is 9.75. The lowest BCUT2D eigenvalue weighted by molar-refractivity contribution is 0.622. The molecule has 0 aliphatic carbocycles. The van der Waals surface area contributed by atoms with E-state index in [9.17, 15) is 0 Å². The maximum Gasteiger partial charge on any atom is 0.0434 e. The van der Waals surface area contributed by atoms with Crippen LogP contribution in [0.15, 0.2) is 18.3 Å². The highest BCUT2D eigenvalue weighted by Gasteiger charge is 2.08. The Morgan fingerprint density at radius 2 is 1.79 bits per heavy atom. The summed E-state index contributed by atoms with van der Waals surface area (Å²) in [6.07, 6.45) is 4.40. The Labute approximate surface area is 87.6 Å². The van der Waals surface area contributed by atoms with E-state index >= 15 is 0 Å². The Bertz CT molecular complexity index is 257. The molecule has 1 aromatic rings. The third-order valence-corrected chi connectivity index (χ3v) is 2.88. The van der Waals surface area contributed by atoms with Crippen LogP contribution in [0.25, 0.3) is 0 Å². The normalized spacial score (nSPS) is 11.3. The van der Waals surface area contributed by atoms with Gasteiger partial charge in [-0.15, -0.1) is 0 Å². The van der Waals surface area contributed by atoms with E-state index < -0.39 is 0 Å². The smallest absolute Gasteiger partial charge is 0.0434 e. The van der Waals surface area contributed by atoms with Crippen molar-refractivity contribution >= 4 is 0 Å². The minimum absolute atomic E-state index is 0.582. The summed E-state index contributed by atoms with van der Waals surface area (Å²) in [7, 11) is 0. The van der Waals surface area contributed by atoms with Crippen molar-refractivity contribution in [1.82, 2.24) is 4.98 Å². The van der Waals surface area contributed by atoms with Crippen molar-refractivity contribution in [3.8, 4) is 0 Å². The van der Waals surface area contributed by atoms with Gasteiger partial charge in [-0.05, 0) is 30.4 Å². The number of hydrogen-bond acceptors (Lipinski definition) is 1. The van der Waals surface area contributed by atoms with Gasteiger partial charge in [0.25, 0.3) is 0 Å². The van der Waals surface area contributed by atoms with Crippen LogP contribution >= 0.6 is 0 Å². The van der Waals surface area contributed by atoms with E-state index in [0.717, 1.165) is 0 Å². The average molecular weight is 191 g/mol. The molecule has 0 N–H and O–H groups in total. The second kappa shape index (κ2) is 5.14. The van der Waals surface area contributed by atoms with E-state index in [0.29, 0.717) is 11.8 Å². The molecule has 0 amide bonds. The first-order chi connectivity index (χ1) is 6.69. The van der Waals surface area contributed by atoms with E-state index in [2.05, 4.69) is 44.8 Å². The molecule has 0 atom stereocenters. The summed E-state index contributed by atoms with van der Waals surface area (Å²) in [5.41, 5.74) is 2.58. The largest absolute Gasteiger partial charge is 0.261 e. The van der Waals surface area contributed by atoms with Crippen LogP contribution in [0.4, 0.5) is 0 Å². The SMILES string of the molecule is CCC(CC)c1ccc(C(C)C)cn1. The van der Waals surface area contributed by atoms with Crippen molar-refractivity contribution in [2.75, 3.05) is 0 Å². The molecule has 1 nitrogen and oxygen atoms in total. The van der Waals surface area contributed by atoms with Gasteiger partial charge in [-0.25, -0.2) is 0 Å². The molecule has 0 spiro atoms. The van der Waals surface area contributed by atoms with Crippen LogP contribution in [0.1, 0.15) is 63.6 Å². The number of nitrogens with zero attached hydrogens (tertiary/aromatic N) is 1. The molecule has 0 bridgehead atoms. The number of pyridine rings is 1. The van der Waals surface area contributed by atoms with E-state index in [1.54, 1.807) is 0 Å². The van der Waals surface area contributed by atoms with Gasteiger partial charge in [0.15, 0.2) is 0 Å². The molecular formula is C13H21N. The molecule has 1 rings (SSSR count). The quantitative estimate of drug-likeness (QED) is 0.698. The van der Waals surface area contributed by atoms with Gasteiger partial charge in [-0.2, -0.15) is 0 Å². The molecule has 0 aliphatic rings. The Morgan fingerprint density at radius 1 is 1.14 bits per heavy atom. The molecule has 0 aromatic carbocycles. The number of aromatic nitrogens is 1. The van der Waals surface area contributed by atoms with Crippen LogP contribution in [0, 0.1) is 0 Å². The molecule has 1 heteroatoms. The molecule has 0 saturated carbocycles. The molecular weight excluding hydrogens is 170 g/mol. The van der Waals surface area contributed by atoms with Gasteiger partial charge in [0.05, 0.1) is 0 Å².